The standard InChI is InChI=1S/C16H30N2O5/c1-6-8-9-10-17-13(19)11-12(14(20)22-7-2)18-15(21)23-16(3,4)5/h12H,6-11H2,1-5H3,(H,17,19)(H,18,21)/t12-/m1/s1. The maximum atomic E-state index is 11.9. The van der Waals surface area contributed by atoms with Crippen molar-refractivity contribution in [1.29, 1.82) is 0 Å². The number of ether oxygens (including phenoxy) is 2. The Morgan fingerprint density at radius 2 is 1.74 bits per heavy atom. The molecule has 0 aliphatic carbocycles. The van der Waals surface area contributed by atoms with Crippen molar-refractivity contribution in [3.8, 4) is 0 Å². The maximum absolute atomic E-state index is 11.9. The SMILES string of the molecule is CCCCCNC(=O)C[C@@H](NC(=O)OC(C)(C)C)C(=O)OCC. The first-order valence-electron chi connectivity index (χ1n) is 8.12. The topological polar surface area (TPSA) is 93.7 Å². The molecule has 23 heavy (non-hydrogen) atoms. The summed E-state index contributed by atoms with van der Waals surface area (Å²) in [6, 6.07) is -1.06. The summed E-state index contributed by atoms with van der Waals surface area (Å²) < 4.78 is 9.99. The summed E-state index contributed by atoms with van der Waals surface area (Å²) in [7, 11) is 0. The highest BCUT2D eigenvalue weighted by molar-refractivity contribution is 5.88. The third-order valence-electron chi connectivity index (χ3n) is 2.75. The lowest BCUT2D eigenvalue weighted by atomic mass is 10.2. The second-order valence-electron chi connectivity index (χ2n) is 6.21. The third-order valence-corrected chi connectivity index (χ3v) is 2.75. The molecule has 1 atom stereocenters. The van der Waals surface area contributed by atoms with Gasteiger partial charge in [-0.3, -0.25) is 4.79 Å². The summed E-state index contributed by atoms with van der Waals surface area (Å²) >= 11 is 0. The number of alkyl carbamates (subject to hydrolysis) is 1. The van der Waals surface area contributed by atoms with Crippen molar-refractivity contribution >= 4 is 18.0 Å². The molecular formula is C16H30N2O5. The van der Waals surface area contributed by atoms with E-state index in [1.807, 2.05) is 0 Å². The van der Waals surface area contributed by atoms with E-state index in [1.54, 1.807) is 27.7 Å². The molecule has 0 unspecified atom stereocenters. The van der Waals surface area contributed by atoms with E-state index in [4.69, 9.17) is 9.47 Å². The number of hydrogen-bond donors (Lipinski definition) is 2. The minimum Gasteiger partial charge on any atom is -0.464 e. The molecule has 7 heteroatoms. The molecule has 0 saturated carbocycles. The van der Waals surface area contributed by atoms with Crippen LogP contribution in [-0.4, -0.2) is 42.8 Å². The Labute approximate surface area is 138 Å². The zero-order valence-corrected chi connectivity index (χ0v) is 14.9. The summed E-state index contributed by atoms with van der Waals surface area (Å²) in [5.74, 6) is -0.961. The monoisotopic (exact) mass is 330 g/mol. The van der Waals surface area contributed by atoms with Gasteiger partial charge in [-0.1, -0.05) is 19.8 Å². The minimum absolute atomic E-state index is 0.170. The molecule has 0 spiro atoms. The predicted molar refractivity (Wildman–Crippen MR) is 86.9 cm³/mol. The molecule has 0 fully saturated rings. The summed E-state index contributed by atoms with van der Waals surface area (Å²) in [6.45, 7) is 9.60. The highest BCUT2D eigenvalue weighted by atomic mass is 16.6. The van der Waals surface area contributed by atoms with Gasteiger partial charge in [-0.05, 0) is 34.1 Å². The summed E-state index contributed by atoms with van der Waals surface area (Å²) in [5, 5.41) is 5.12. The van der Waals surface area contributed by atoms with Crippen molar-refractivity contribution in [3.05, 3.63) is 0 Å². The first kappa shape index (κ1) is 21.2. The lowest BCUT2D eigenvalue weighted by molar-refractivity contribution is -0.147. The van der Waals surface area contributed by atoms with Crippen LogP contribution in [0.15, 0.2) is 0 Å². The second kappa shape index (κ2) is 10.9. The van der Waals surface area contributed by atoms with Crippen LogP contribution >= 0.6 is 0 Å². The number of esters is 1. The van der Waals surface area contributed by atoms with Crippen molar-refractivity contribution in [3.63, 3.8) is 0 Å². The molecule has 0 radical (unpaired) electrons. The van der Waals surface area contributed by atoms with Gasteiger partial charge in [0.15, 0.2) is 0 Å². The molecular weight excluding hydrogens is 300 g/mol. The molecule has 2 N–H and O–H groups in total. The molecule has 0 aromatic carbocycles. The summed E-state index contributed by atoms with van der Waals surface area (Å²) in [5.41, 5.74) is -0.689. The smallest absolute Gasteiger partial charge is 0.408 e. The number of amides is 2. The Morgan fingerprint density at radius 1 is 1.09 bits per heavy atom. The van der Waals surface area contributed by atoms with E-state index < -0.39 is 23.7 Å². The molecule has 0 aromatic heterocycles. The van der Waals surface area contributed by atoms with E-state index in [-0.39, 0.29) is 18.9 Å². The second-order valence-corrected chi connectivity index (χ2v) is 6.21. The van der Waals surface area contributed by atoms with Gasteiger partial charge < -0.3 is 20.1 Å². The molecule has 0 rings (SSSR count). The largest absolute Gasteiger partial charge is 0.464 e. The van der Waals surface area contributed by atoms with Gasteiger partial charge in [-0.25, -0.2) is 9.59 Å². The first-order valence-corrected chi connectivity index (χ1v) is 8.12. The van der Waals surface area contributed by atoms with E-state index >= 15 is 0 Å². The Morgan fingerprint density at radius 3 is 2.26 bits per heavy atom. The van der Waals surface area contributed by atoms with E-state index in [9.17, 15) is 14.4 Å². The summed E-state index contributed by atoms with van der Waals surface area (Å²) in [6.07, 6.45) is 2.03. The highest BCUT2D eigenvalue weighted by Gasteiger charge is 2.27. The van der Waals surface area contributed by atoms with Crippen LogP contribution < -0.4 is 10.6 Å². The van der Waals surface area contributed by atoms with Gasteiger partial charge in [0.05, 0.1) is 13.0 Å². The van der Waals surface area contributed by atoms with Crippen LogP contribution in [0.3, 0.4) is 0 Å². The van der Waals surface area contributed by atoms with Gasteiger partial charge in [0.1, 0.15) is 11.6 Å². The molecule has 0 aromatic rings. The highest BCUT2D eigenvalue weighted by Crippen LogP contribution is 2.07. The lowest BCUT2D eigenvalue weighted by Gasteiger charge is -2.22. The lowest BCUT2D eigenvalue weighted by Crippen LogP contribution is -2.46. The van der Waals surface area contributed by atoms with Crippen molar-refractivity contribution in [1.82, 2.24) is 10.6 Å². The fraction of sp³-hybridized carbons (Fsp3) is 0.812. The Bertz CT molecular complexity index is 390. The predicted octanol–water partition coefficient (Wildman–Crippen LogP) is 2.14. The van der Waals surface area contributed by atoms with Crippen LogP contribution in [0.25, 0.3) is 0 Å². The average molecular weight is 330 g/mol. The van der Waals surface area contributed by atoms with Gasteiger partial charge in [-0.2, -0.15) is 0 Å². The first-order chi connectivity index (χ1) is 10.7. The molecule has 7 nitrogen and oxygen atoms in total. The van der Waals surface area contributed by atoms with E-state index in [0.717, 1.165) is 19.3 Å². The zero-order chi connectivity index (χ0) is 17.9. The Hall–Kier alpha value is -1.79. The van der Waals surface area contributed by atoms with Crippen molar-refractivity contribution < 1.29 is 23.9 Å². The van der Waals surface area contributed by atoms with Crippen molar-refractivity contribution in [2.75, 3.05) is 13.2 Å². The van der Waals surface area contributed by atoms with Crippen LogP contribution in [0.5, 0.6) is 0 Å². The number of nitrogens with one attached hydrogen (secondary N) is 2. The quantitative estimate of drug-likeness (QED) is 0.499. The van der Waals surface area contributed by atoms with Gasteiger partial charge in [0.25, 0.3) is 0 Å². The molecule has 0 heterocycles. The van der Waals surface area contributed by atoms with Crippen LogP contribution in [0.2, 0.25) is 0 Å². The summed E-state index contributed by atoms with van der Waals surface area (Å²) in [4.78, 5) is 35.6. The molecule has 0 aliphatic rings. The molecule has 134 valence electrons. The van der Waals surface area contributed by atoms with Gasteiger partial charge >= 0.3 is 12.1 Å². The van der Waals surface area contributed by atoms with Crippen LogP contribution in [-0.2, 0) is 19.1 Å². The van der Waals surface area contributed by atoms with Gasteiger partial charge in [0.2, 0.25) is 5.91 Å². The number of hydrogen-bond acceptors (Lipinski definition) is 5. The molecule has 0 bridgehead atoms. The van der Waals surface area contributed by atoms with E-state index in [2.05, 4.69) is 17.6 Å². The Balaban J connectivity index is 4.54. The van der Waals surface area contributed by atoms with E-state index in [0.29, 0.717) is 6.54 Å². The number of unbranched alkanes of at least 4 members (excludes halogenated alkanes) is 2. The van der Waals surface area contributed by atoms with Gasteiger partial charge in [0, 0.05) is 6.54 Å². The minimum atomic E-state index is -1.06. The van der Waals surface area contributed by atoms with Crippen molar-refractivity contribution in [2.24, 2.45) is 0 Å². The molecule has 2 amide bonds. The van der Waals surface area contributed by atoms with Crippen LogP contribution in [0.4, 0.5) is 4.79 Å². The average Bonchev–Trinajstić information content (AvgIpc) is 2.41. The third kappa shape index (κ3) is 11.4. The number of carbonyl (C=O) groups is 3. The van der Waals surface area contributed by atoms with Crippen molar-refractivity contribution in [2.45, 2.75) is 71.9 Å². The fourth-order valence-electron chi connectivity index (χ4n) is 1.75. The zero-order valence-electron chi connectivity index (χ0n) is 14.9. The maximum Gasteiger partial charge on any atom is 0.408 e. The van der Waals surface area contributed by atoms with Crippen LogP contribution in [0.1, 0.15) is 60.3 Å². The fourth-order valence-corrected chi connectivity index (χ4v) is 1.75. The van der Waals surface area contributed by atoms with E-state index in [1.165, 1.54) is 0 Å². The Kier molecular flexibility index (Phi) is 10.0. The normalized spacial score (nSPS) is 12.2. The molecule has 0 saturated heterocycles. The number of carbonyl (C=O) groups excluding carboxylic acids is 3. The van der Waals surface area contributed by atoms with Crippen LogP contribution in [0, 0.1) is 0 Å². The molecule has 0 aliphatic heterocycles. The van der Waals surface area contributed by atoms with Gasteiger partial charge in [-0.15, -0.1) is 0 Å². The number of rotatable bonds is 9.